The van der Waals surface area contributed by atoms with Gasteiger partial charge in [-0.15, -0.1) is 0 Å². The Morgan fingerprint density at radius 2 is 1.88 bits per heavy atom. The van der Waals surface area contributed by atoms with E-state index in [-0.39, 0.29) is 6.42 Å². The highest BCUT2D eigenvalue weighted by molar-refractivity contribution is 9.10. The minimum absolute atomic E-state index is 0.0887. The Morgan fingerprint density at radius 3 is 2.52 bits per heavy atom. The number of rotatable bonds is 6. The van der Waals surface area contributed by atoms with Gasteiger partial charge in [-0.25, -0.2) is 0 Å². The second-order valence-electron chi connectivity index (χ2n) is 5.27. The minimum Gasteiger partial charge on any atom is -0.495 e. The molecule has 1 atom stereocenters. The van der Waals surface area contributed by atoms with E-state index in [0.717, 1.165) is 10.0 Å². The van der Waals surface area contributed by atoms with Gasteiger partial charge in [0.15, 0.2) is 6.10 Å². The molecular formula is C18H17BrClNO4. The number of nitrogens with one attached hydrogen (secondary N) is 1. The molecule has 0 aliphatic rings. The molecule has 1 N–H and O–H groups in total. The molecule has 5 nitrogen and oxygen atoms in total. The van der Waals surface area contributed by atoms with E-state index in [0.29, 0.717) is 16.5 Å². The predicted molar refractivity (Wildman–Crippen MR) is 100 cm³/mol. The summed E-state index contributed by atoms with van der Waals surface area (Å²) in [5.74, 6) is -0.487. The van der Waals surface area contributed by atoms with E-state index in [2.05, 4.69) is 21.2 Å². The second kappa shape index (κ2) is 8.87. The van der Waals surface area contributed by atoms with E-state index < -0.39 is 18.0 Å². The first kappa shape index (κ1) is 19.3. The third-order valence-electron chi connectivity index (χ3n) is 3.36. The molecule has 0 aliphatic heterocycles. The number of carbonyl (C=O) groups is 2. The third kappa shape index (κ3) is 5.76. The van der Waals surface area contributed by atoms with Gasteiger partial charge in [-0.2, -0.15) is 0 Å². The molecule has 25 heavy (non-hydrogen) atoms. The van der Waals surface area contributed by atoms with Gasteiger partial charge in [0.25, 0.3) is 5.91 Å². The highest BCUT2D eigenvalue weighted by Crippen LogP contribution is 2.27. The summed E-state index contributed by atoms with van der Waals surface area (Å²) < 4.78 is 11.3. The van der Waals surface area contributed by atoms with E-state index >= 15 is 0 Å². The Labute approximate surface area is 159 Å². The Balaban J connectivity index is 1.94. The first-order valence-corrected chi connectivity index (χ1v) is 8.64. The van der Waals surface area contributed by atoms with Crippen LogP contribution in [0.4, 0.5) is 5.69 Å². The first-order valence-electron chi connectivity index (χ1n) is 7.47. The van der Waals surface area contributed by atoms with Gasteiger partial charge in [0, 0.05) is 9.50 Å². The SMILES string of the molecule is COc1ccc(Cl)cc1NC(=O)C(C)OC(=O)Cc1ccc(Br)cc1. The maximum atomic E-state index is 12.2. The maximum absolute atomic E-state index is 12.2. The topological polar surface area (TPSA) is 64.6 Å². The van der Waals surface area contributed by atoms with Crippen LogP contribution < -0.4 is 10.1 Å². The lowest BCUT2D eigenvalue weighted by Crippen LogP contribution is -2.30. The summed E-state index contributed by atoms with van der Waals surface area (Å²) in [6.45, 7) is 1.51. The van der Waals surface area contributed by atoms with Gasteiger partial charge in [0.1, 0.15) is 5.75 Å². The third-order valence-corrected chi connectivity index (χ3v) is 4.12. The monoisotopic (exact) mass is 425 g/mol. The van der Waals surface area contributed by atoms with Gasteiger partial charge in [-0.3, -0.25) is 9.59 Å². The highest BCUT2D eigenvalue weighted by Gasteiger charge is 2.19. The average molecular weight is 427 g/mol. The summed E-state index contributed by atoms with van der Waals surface area (Å²) in [5.41, 5.74) is 1.22. The zero-order valence-electron chi connectivity index (χ0n) is 13.7. The molecule has 0 fully saturated rings. The van der Waals surface area contributed by atoms with Crippen LogP contribution in [0.5, 0.6) is 5.75 Å². The lowest BCUT2D eigenvalue weighted by molar-refractivity contribution is -0.152. The number of halogens is 2. The summed E-state index contributed by atoms with van der Waals surface area (Å²) in [7, 11) is 1.49. The number of amides is 1. The fraction of sp³-hybridized carbons (Fsp3) is 0.222. The first-order chi connectivity index (χ1) is 11.9. The van der Waals surface area contributed by atoms with Crippen molar-refractivity contribution in [2.24, 2.45) is 0 Å². The van der Waals surface area contributed by atoms with Crippen molar-refractivity contribution >= 4 is 45.1 Å². The van der Waals surface area contributed by atoms with E-state index in [4.69, 9.17) is 21.1 Å². The standard InChI is InChI=1S/C18H17BrClNO4/c1-11(25-17(22)9-12-3-5-13(19)6-4-12)18(23)21-15-10-14(20)7-8-16(15)24-2/h3-8,10-11H,9H2,1-2H3,(H,21,23). The fourth-order valence-electron chi connectivity index (χ4n) is 2.07. The van der Waals surface area contributed by atoms with Gasteiger partial charge in [0.2, 0.25) is 0 Å². The fourth-order valence-corrected chi connectivity index (χ4v) is 2.51. The lowest BCUT2D eigenvalue weighted by atomic mass is 10.1. The molecule has 0 saturated carbocycles. The van der Waals surface area contributed by atoms with Gasteiger partial charge < -0.3 is 14.8 Å². The lowest BCUT2D eigenvalue weighted by Gasteiger charge is -2.15. The van der Waals surface area contributed by atoms with Crippen molar-refractivity contribution in [1.82, 2.24) is 0 Å². The molecule has 132 valence electrons. The van der Waals surface area contributed by atoms with Crippen LogP contribution in [0.2, 0.25) is 5.02 Å². The number of benzene rings is 2. The quantitative estimate of drug-likeness (QED) is 0.702. The molecule has 1 unspecified atom stereocenters. The highest BCUT2D eigenvalue weighted by atomic mass is 79.9. The molecule has 0 heterocycles. The minimum atomic E-state index is -0.952. The van der Waals surface area contributed by atoms with Crippen LogP contribution in [0.1, 0.15) is 12.5 Å². The summed E-state index contributed by atoms with van der Waals surface area (Å²) in [4.78, 5) is 24.2. The molecular weight excluding hydrogens is 410 g/mol. The van der Waals surface area contributed by atoms with Gasteiger partial charge in [0.05, 0.1) is 19.2 Å². The van der Waals surface area contributed by atoms with Crippen LogP contribution >= 0.6 is 27.5 Å². The van der Waals surface area contributed by atoms with Crippen molar-refractivity contribution in [1.29, 1.82) is 0 Å². The van der Waals surface area contributed by atoms with E-state index in [1.807, 2.05) is 24.3 Å². The molecule has 0 radical (unpaired) electrons. The zero-order chi connectivity index (χ0) is 18.4. The maximum Gasteiger partial charge on any atom is 0.311 e. The Hall–Kier alpha value is -2.05. The van der Waals surface area contributed by atoms with Crippen LogP contribution in [0, 0.1) is 0 Å². The molecule has 0 saturated heterocycles. The molecule has 0 spiro atoms. The molecule has 2 aromatic carbocycles. The normalized spacial score (nSPS) is 11.5. The molecule has 0 aromatic heterocycles. The molecule has 7 heteroatoms. The number of anilines is 1. The Kier molecular flexibility index (Phi) is 6.84. The Bertz CT molecular complexity index is 764. The molecule has 2 rings (SSSR count). The molecule has 0 aliphatic carbocycles. The van der Waals surface area contributed by atoms with Crippen molar-refractivity contribution in [3.8, 4) is 5.75 Å². The van der Waals surface area contributed by atoms with Crippen LogP contribution in [0.25, 0.3) is 0 Å². The van der Waals surface area contributed by atoms with Gasteiger partial charge in [-0.05, 0) is 42.8 Å². The van der Waals surface area contributed by atoms with Gasteiger partial charge in [-0.1, -0.05) is 39.7 Å². The van der Waals surface area contributed by atoms with Crippen LogP contribution in [-0.2, 0) is 20.7 Å². The van der Waals surface area contributed by atoms with Crippen LogP contribution in [0.3, 0.4) is 0 Å². The molecule has 2 aromatic rings. The molecule has 1 amide bonds. The van der Waals surface area contributed by atoms with Crippen LogP contribution in [0.15, 0.2) is 46.9 Å². The smallest absolute Gasteiger partial charge is 0.311 e. The van der Waals surface area contributed by atoms with Crippen molar-refractivity contribution in [3.63, 3.8) is 0 Å². The Morgan fingerprint density at radius 1 is 1.20 bits per heavy atom. The van der Waals surface area contributed by atoms with E-state index in [1.54, 1.807) is 18.2 Å². The molecule has 0 bridgehead atoms. The summed E-state index contributed by atoms with van der Waals surface area (Å²) in [6.07, 6.45) is -0.864. The van der Waals surface area contributed by atoms with Crippen molar-refractivity contribution in [3.05, 3.63) is 57.5 Å². The van der Waals surface area contributed by atoms with Crippen LogP contribution in [-0.4, -0.2) is 25.1 Å². The van der Waals surface area contributed by atoms with Crippen molar-refractivity contribution in [2.75, 3.05) is 12.4 Å². The predicted octanol–water partition coefficient (Wildman–Crippen LogP) is 4.22. The summed E-state index contributed by atoms with van der Waals surface area (Å²) in [5, 5.41) is 3.10. The number of hydrogen-bond donors (Lipinski definition) is 1. The summed E-state index contributed by atoms with van der Waals surface area (Å²) >= 11 is 9.26. The largest absolute Gasteiger partial charge is 0.495 e. The second-order valence-corrected chi connectivity index (χ2v) is 6.62. The van der Waals surface area contributed by atoms with E-state index in [1.165, 1.54) is 14.0 Å². The number of carbonyl (C=O) groups excluding carboxylic acids is 2. The summed E-state index contributed by atoms with van der Waals surface area (Å²) in [6, 6.07) is 12.2. The average Bonchev–Trinajstić information content (AvgIpc) is 2.57. The number of hydrogen-bond acceptors (Lipinski definition) is 4. The number of methoxy groups -OCH3 is 1. The van der Waals surface area contributed by atoms with E-state index in [9.17, 15) is 9.59 Å². The number of ether oxygens (including phenoxy) is 2. The van der Waals surface area contributed by atoms with Crippen molar-refractivity contribution in [2.45, 2.75) is 19.4 Å². The van der Waals surface area contributed by atoms with Crippen molar-refractivity contribution < 1.29 is 19.1 Å². The number of esters is 1. The zero-order valence-corrected chi connectivity index (χ0v) is 16.1. The van der Waals surface area contributed by atoms with Gasteiger partial charge >= 0.3 is 5.97 Å².